The molecule has 2 heterocycles. The van der Waals surface area contributed by atoms with Crippen LogP contribution in [0.4, 0.5) is 14.7 Å². The predicted octanol–water partition coefficient (Wildman–Crippen LogP) is 2.92. The Hall–Kier alpha value is -2.90. The number of halogens is 2. The lowest BCUT2D eigenvalue weighted by Crippen LogP contribution is -2.01. The van der Waals surface area contributed by atoms with E-state index in [1.54, 1.807) is 24.5 Å². The highest BCUT2D eigenvalue weighted by Gasteiger charge is 2.18. The first kappa shape index (κ1) is 13.1. The Morgan fingerprint density at radius 3 is 2.57 bits per heavy atom. The van der Waals surface area contributed by atoms with Crippen LogP contribution in [-0.2, 0) is 0 Å². The van der Waals surface area contributed by atoms with E-state index in [0.717, 1.165) is 0 Å². The van der Waals surface area contributed by atoms with E-state index >= 15 is 0 Å². The summed E-state index contributed by atoms with van der Waals surface area (Å²) in [6, 6.07) is 6.05. The molecule has 0 saturated heterocycles. The Morgan fingerprint density at radius 1 is 1.19 bits per heavy atom. The van der Waals surface area contributed by atoms with Crippen molar-refractivity contribution in [3.05, 3.63) is 36.7 Å². The summed E-state index contributed by atoms with van der Waals surface area (Å²) < 4.78 is 33.6. The number of nitrogens with one attached hydrogen (secondary N) is 1. The van der Waals surface area contributed by atoms with E-state index in [1.807, 2.05) is 0 Å². The molecule has 0 bridgehead atoms. The van der Waals surface area contributed by atoms with Crippen LogP contribution < -0.4 is 10.5 Å². The number of alkyl halides is 2. The summed E-state index contributed by atoms with van der Waals surface area (Å²) in [5.41, 5.74) is 8.25. The normalized spacial score (nSPS) is 11.0. The zero-order chi connectivity index (χ0) is 14.8. The smallest absolute Gasteiger partial charge is 0.387 e. The second-order valence-electron chi connectivity index (χ2n) is 4.16. The zero-order valence-corrected chi connectivity index (χ0v) is 10.6. The van der Waals surface area contributed by atoms with Crippen LogP contribution in [0.1, 0.15) is 0 Å². The first-order valence-corrected chi connectivity index (χ1v) is 5.94. The van der Waals surface area contributed by atoms with Crippen molar-refractivity contribution in [1.82, 2.24) is 15.4 Å². The summed E-state index contributed by atoms with van der Waals surface area (Å²) in [6.07, 6.45) is 3.23. The number of hydrogen-bond donors (Lipinski definition) is 2. The van der Waals surface area contributed by atoms with Crippen LogP contribution >= 0.6 is 0 Å². The van der Waals surface area contributed by atoms with Gasteiger partial charge < -0.3 is 15.0 Å². The van der Waals surface area contributed by atoms with Gasteiger partial charge in [0, 0.05) is 11.8 Å². The first-order valence-electron chi connectivity index (χ1n) is 5.94. The highest BCUT2D eigenvalue weighted by molar-refractivity contribution is 5.86. The molecule has 6 nitrogen and oxygen atoms in total. The van der Waals surface area contributed by atoms with Gasteiger partial charge in [0.1, 0.15) is 11.4 Å². The quantitative estimate of drug-likeness (QED) is 0.771. The summed E-state index contributed by atoms with van der Waals surface area (Å²) in [6.45, 7) is -2.86. The summed E-state index contributed by atoms with van der Waals surface area (Å²) in [5.74, 6) is 0.197. The van der Waals surface area contributed by atoms with Crippen LogP contribution in [0, 0.1) is 0 Å². The largest absolute Gasteiger partial charge is 0.435 e. The molecule has 1 aromatic carbocycles. The van der Waals surface area contributed by atoms with E-state index in [2.05, 4.69) is 20.1 Å². The van der Waals surface area contributed by atoms with E-state index in [9.17, 15) is 8.78 Å². The predicted molar refractivity (Wildman–Crippen MR) is 70.6 cm³/mol. The van der Waals surface area contributed by atoms with E-state index in [1.165, 1.54) is 12.1 Å². The number of hydrogen-bond acceptors (Lipinski definition) is 5. The highest BCUT2D eigenvalue weighted by atomic mass is 19.3. The lowest BCUT2D eigenvalue weighted by molar-refractivity contribution is -0.0498. The van der Waals surface area contributed by atoms with Crippen molar-refractivity contribution in [2.45, 2.75) is 6.61 Å². The molecule has 0 radical (unpaired) electrons. The number of aromatic amines is 1. The Balaban J connectivity index is 1.99. The van der Waals surface area contributed by atoms with Crippen molar-refractivity contribution < 1.29 is 18.0 Å². The number of nitrogens with two attached hydrogens (primary N) is 1. The molecule has 0 amide bonds. The van der Waals surface area contributed by atoms with Crippen LogP contribution in [0.3, 0.4) is 0 Å². The summed E-state index contributed by atoms with van der Waals surface area (Å²) >= 11 is 0. The summed E-state index contributed by atoms with van der Waals surface area (Å²) in [5, 5.41) is 10.4. The molecule has 2 aromatic heterocycles. The topological polar surface area (TPSA) is 90.0 Å². The van der Waals surface area contributed by atoms with Crippen molar-refractivity contribution in [3.8, 4) is 28.1 Å². The molecule has 0 spiro atoms. The van der Waals surface area contributed by atoms with Crippen LogP contribution in [0.2, 0.25) is 0 Å². The SMILES string of the molecule is Nc1onc(-c2cn[nH]c2)c1-c1ccc(OC(F)F)cc1. The molecule has 0 aliphatic rings. The molecular formula is C13H10F2N4O2. The molecule has 0 fully saturated rings. The minimum Gasteiger partial charge on any atom is -0.435 e. The van der Waals surface area contributed by atoms with Gasteiger partial charge in [0.15, 0.2) is 0 Å². The standard InChI is InChI=1S/C13H10F2N4O2/c14-13(15)20-9-3-1-7(2-4-9)10-11(19-21-12(10)16)8-5-17-18-6-8/h1-6,13H,16H2,(H,17,18). The summed E-state index contributed by atoms with van der Waals surface area (Å²) in [4.78, 5) is 0. The van der Waals surface area contributed by atoms with Gasteiger partial charge in [-0.3, -0.25) is 5.10 Å². The Bertz CT molecular complexity index is 723. The molecule has 0 aliphatic carbocycles. The fourth-order valence-electron chi connectivity index (χ4n) is 1.96. The van der Waals surface area contributed by atoms with Crippen molar-refractivity contribution in [1.29, 1.82) is 0 Å². The number of ether oxygens (including phenoxy) is 1. The Kier molecular flexibility index (Phi) is 3.27. The number of nitrogen functional groups attached to an aromatic ring is 1. The van der Waals surface area contributed by atoms with Crippen molar-refractivity contribution in [3.63, 3.8) is 0 Å². The van der Waals surface area contributed by atoms with Gasteiger partial charge >= 0.3 is 6.61 Å². The maximum atomic E-state index is 12.1. The molecule has 0 aliphatic heterocycles. The minimum atomic E-state index is -2.86. The van der Waals surface area contributed by atoms with Gasteiger partial charge in [0.25, 0.3) is 0 Å². The lowest BCUT2D eigenvalue weighted by Gasteiger charge is -2.05. The monoisotopic (exact) mass is 292 g/mol. The number of aromatic nitrogens is 3. The number of H-pyrrole nitrogens is 1. The maximum Gasteiger partial charge on any atom is 0.387 e. The highest BCUT2D eigenvalue weighted by Crippen LogP contribution is 2.36. The minimum absolute atomic E-state index is 0.0636. The molecule has 108 valence electrons. The van der Waals surface area contributed by atoms with Gasteiger partial charge in [-0.2, -0.15) is 13.9 Å². The van der Waals surface area contributed by atoms with Crippen molar-refractivity contribution >= 4 is 5.88 Å². The van der Waals surface area contributed by atoms with E-state index in [-0.39, 0.29) is 11.6 Å². The molecule has 0 saturated carbocycles. The third-order valence-corrected chi connectivity index (χ3v) is 2.86. The molecular weight excluding hydrogens is 282 g/mol. The van der Waals surface area contributed by atoms with E-state index in [0.29, 0.717) is 22.4 Å². The third-order valence-electron chi connectivity index (χ3n) is 2.86. The molecule has 0 unspecified atom stereocenters. The van der Waals surface area contributed by atoms with Crippen LogP contribution in [0.25, 0.3) is 22.4 Å². The Labute approximate surface area is 117 Å². The first-order chi connectivity index (χ1) is 10.1. The second-order valence-corrected chi connectivity index (χ2v) is 4.16. The summed E-state index contributed by atoms with van der Waals surface area (Å²) in [7, 11) is 0. The molecule has 3 N–H and O–H groups in total. The molecule has 3 aromatic rings. The van der Waals surface area contributed by atoms with E-state index < -0.39 is 6.61 Å². The van der Waals surface area contributed by atoms with Crippen LogP contribution in [0.15, 0.2) is 41.2 Å². The van der Waals surface area contributed by atoms with Crippen molar-refractivity contribution in [2.24, 2.45) is 0 Å². The molecule has 0 atom stereocenters. The zero-order valence-electron chi connectivity index (χ0n) is 10.6. The molecule has 8 heteroatoms. The Morgan fingerprint density at radius 2 is 1.95 bits per heavy atom. The third kappa shape index (κ3) is 2.55. The maximum absolute atomic E-state index is 12.1. The number of nitrogens with zero attached hydrogens (tertiary/aromatic N) is 2. The van der Waals surface area contributed by atoms with Crippen molar-refractivity contribution in [2.75, 3.05) is 5.73 Å². The van der Waals surface area contributed by atoms with Crippen LogP contribution in [0.5, 0.6) is 5.75 Å². The number of benzene rings is 1. The van der Waals surface area contributed by atoms with Gasteiger partial charge in [-0.05, 0) is 17.7 Å². The lowest BCUT2D eigenvalue weighted by atomic mass is 10.0. The van der Waals surface area contributed by atoms with Gasteiger partial charge in [0.05, 0.1) is 11.8 Å². The van der Waals surface area contributed by atoms with E-state index in [4.69, 9.17) is 10.3 Å². The fraction of sp³-hybridized carbons (Fsp3) is 0.0769. The number of rotatable bonds is 4. The molecule has 3 rings (SSSR count). The average Bonchev–Trinajstić information content (AvgIpc) is 3.08. The van der Waals surface area contributed by atoms with Gasteiger partial charge in [-0.25, -0.2) is 0 Å². The van der Waals surface area contributed by atoms with Crippen LogP contribution in [-0.4, -0.2) is 22.0 Å². The number of anilines is 1. The van der Waals surface area contributed by atoms with Gasteiger partial charge in [-0.1, -0.05) is 17.3 Å². The second kappa shape index (κ2) is 5.23. The van der Waals surface area contributed by atoms with Gasteiger partial charge in [0.2, 0.25) is 5.88 Å². The fourth-order valence-corrected chi connectivity index (χ4v) is 1.96. The van der Waals surface area contributed by atoms with Gasteiger partial charge in [-0.15, -0.1) is 0 Å². The molecule has 21 heavy (non-hydrogen) atoms. The average molecular weight is 292 g/mol.